The van der Waals surface area contributed by atoms with Gasteiger partial charge < -0.3 is 15.6 Å². The van der Waals surface area contributed by atoms with Crippen LogP contribution in [-0.4, -0.2) is 22.8 Å². The molecule has 23 heavy (non-hydrogen) atoms. The van der Waals surface area contributed by atoms with Gasteiger partial charge in [-0.25, -0.2) is 0 Å². The number of anilines is 1. The first-order chi connectivity index (χ1) is 11.1. The predicted molar refractivity (Wildman–Crippen MR) is 88.4 cm³/mol. The number of hydrogen-bond donors (Lipinski definition) is 3. The standard InChI is InChI=1S/C17H19N3O3/c1-2-3-10-8-16(22)20-14-9-11(4-5-12(10)14)18-17(23)13-6-7-15(21)19-13/h4-5,8-9,13H,2-3,6-7H2,1H3,(H,18,23)(H,19,21)(H,20,22). The van der Waals surface area contributed by atoms with E-state index < -0.39 is 6.04 Å². The van der Waals surface area contributed by atoms with Crippen molar-refractivity contribution in [1.82, 2.24) is 10.3 Å². The average Bonchev–Trinajstić information content (AvgIpc) is 2.94. The molecule has 2 heterocycles. The molecule has 0 radical (unpaired) electrons. The summed E-state index contributed by atoms with van der Waals surface area (Å²) in [5, 5.41) is 6.41. The first kappa shape index (κ1) is 15.3. The quantitative estimate of drug-likeness (QED) is 0.802. The number of aromatic amines is 1. The molecule has 1 fully saturated rings. The van der Waals surface area contributed by atoms with E-state index in [-0.39, 0.29) is 17.4 Å². The summed E-state index contributed by atoms with van der Waals surface area (Å²) in [4.78, 5) is 37.9. The van der Waals surface area contributed by atoms with Crippen molar-refractivity contribution in [2.45, 2.75) is 38.6 Å². The Morgan fingerprint density at radius 1 is 1.30 bits per heavy atom. The highest BCUT2D eigenvalue weighted by molar-refractivity contribution is 6.00. The summed E-state index contributed by atoms with van der Waals surface area (Å²) >= 11 is 0. The molecule has 6 nitrogen and oxygen atoms in total. The lowest BCUT2D eigenvalue weighted by atomic mass is 10.0. The zero-order valence-electron chi connectivity index (χ0n) is 12.9. The number of rotatable bonds is 4. The van der Waals surface area contributed by atoms with Crippen LogP contribution in [0, 0.1) is 0 Å². The molecule has 120 valence electrons. The number of aromatic nitrogens is 1. The van der Waals surface area contributed by atoms with Crippen LogP contribution in [0.1, 0.15) is 31.7 Å². The van der Waals surface area contributed by atoms with Crippen LogP contribution in [-0.2, 0) is 16.0 Å². The van der Waals surface area contributed by atoms with Gasteiger partial charge in [0.15, 0.2) is 0 Å². The van der Waals surface area contributed by atoms with Gasteiger partial charge in [-0.3, -0.25) is 14.4 Å². The van der Waals surface area contributed by atoms with Gasteiger partial charge in [0.25, 0.3) is 0 Å². The number of pyridine rings is 1. The minimum absolute atomic E-state index is 0.0998. The second kappa shape index (κ2) is 6.24. The molecule has 1 aliphatic rings. The molecule has 3 rings (SSSR count). The van der Waals surface area contributed by atoms with E-state index in [1.54, 1.807) is 12.1 Å². The summed E-state index contributed by atoms with van der Waals surface area (Å²) in [7, 11) is 0. The average molecular weight is 313 g/mol. The molecule has 1 saturated heterocycles. The molecule has 1 unspecified atom stereocenters. The van der Waals surface area contributed by atoms with Gasteiger partial charge in [-0.15, -0.1) is 0 Å². The smallest absolute Gasteiger partial charge is 0.248 e. The van der Waals surface area contributed by atoms with Gasteiger partial charge in [-0.1, -0.05) is 19.4 Å². The predicted octanol–water partition coefficient (Wildman–Crippen LogP) is 1.70. The number of amides is 2. The number of hydrogen-bond acceptors (Lipinski definition) is 3. The fourth-order valence-electron chi connectivity index (χ4n) is 2.93. The molecule has 1 aromatic carbocycles. The monoisotopic (exact) mass is 313 g/mol. The van der Waals surface area contributed by atoms with Crippen LogP contribution in [0.15, 0.2) is 29.1 Å². The Hall–Kier alpha value is -2.63. The first-order valence-corrected chi connectivity index (χ1v) is 7.83. The minimum Gasteiger partial charge on any atom is -0.344 e. The van der Waals surface area contributed by atoms with E-state index in [4.69, 9.17) is 0 Å². The highest BCUT2D eigenvalue weighted by atomic mass is 16.2. The summed E-state index contributed by atoms with van der Waals surface area (Å²) in [6.07, 6.45) is 2.68. The molecule has 2 amide bonds. The van der Waals surface area contributed by atoms with Crippen molar-refractivity contribution in [3.63, 3.8) is 0 Å². The molecule has 2 aromatic rings. The van der Waals surface area contributed by atoms with Crippen LogP contribution >= 0.6 is 0 Å². The number of benzene rings is 1. The molecule has 0 spiro atoms. The Morgan fingerprint density at radius 3 is 2.83 bits per heavy atom. The third-order valence-corrected chi connectivity index (χ3v) is 4.03. The van der Waals surface area contributed by atoms with Crippen molar-refractivity contribution >= 4 is 28.4 Å². The Bertz CT molecular complexity index is 825. The molecule has 0 bridgehead atoms. The highest BCUT2D eigenvalue weighted by Crippen LogP contribution is 2.21. The third-order valence-electron chi connectivity index (χ3n) is 4.03. The molecular formula is C17H19N3O3. The normalized spacial score (nSPS) is 17.3. The molecule has 3 N–H and O–H groups in total. The molecule has 0 aliphatic carbocycles. The SMILES string of the molecule is CCCc1cc(=O)[nH]c2cc(NC(=O)C3CCC(=O)N3)ccc12. The third kappa shape index (κ3) is 3.26. The van der Waals surface area contributed by atoms with E-state index >= 15 is 0 Å². The highest BCUT2D eigenvalue weighted by Gasteiger charge is 2.27. The topological polar surface area (TPSA) is 91.1 Å². The lowest BCUT2D eigenvalue weighted by molar-refractivity contribution is -0.122. The zero-order chi connectivity index (χ0) is 16.4. The van der Waals surface area contributed by atoms with Gasteiger partial charge in [0.1, 0.15) is 6.04 Å². The van der Waals surface area contributed by atoms with Crippen LogP contribution in [0.2, 0.25) is 0 Å². The fraction of sp³-hybridized carbons (Fsp3) is 0.353. The number of aryl methyl sites for hydroxylation is 1. The fourth-order valence-corrected chi connectivity index (χ4v) is 2.93. The number of H-pyrrole nitrogens is 1. The summed E-state index contributed by atoms with van der Waals surface area (Å²) < 4.78 is 0. The van der Waals surface area contributed by atoms with E-state index in [1.165, 1.54) is 0 Å². The van der Waals surface area contributed by atoms with Gasteiger partial charge >= 0.3 is 0 Å². The van der Waals surface area contributed by atoms with Crippen molar-refractivity contribution < 1.29 is 9.59 Å². The lowest BCUT2D eigenvalue weighted by Crippen LogP contribution is -2.37. The summed E-state index contributed by atoms with van der Waals surface area (Å²) in [5.41, 5.74) is 2.17. The summed E-state index contributed by atoms with van der Waals surface area (Å²) in [6.45, 7) is 2.07. The Balaban J connectivity index is 1.86. The molecule has 1 aromatic heterocycles. The maximum atomic E-state index is 12.1. The second-order valence-corrected chi connectivity index (χ2v) is 5.82. The van der Waals surface area contributed by atoms with Crippen LogP contribution in [0.3, 0.4) is 0 Å². The molecular weight excluding hydrogens is 294 g/mol. The summed E-state index contributed by atoms with van der Waals surface area (Å²) in [6, 6.07) is 6.61. The molecule has 6 heteroatoms. The lowest BCUT2D eigenvalue weighted by Gasteiger charge is -2.12. The van der Waals surface area contributed by atoms with Crippen molar-refractivity contribution in [2.24, 2.45) is 0 Å². The Morgan fingerprint density at radius 2 is 2.13 bits per heavy atom. The molecule has 0 saturated carbocycles. The number of nitrogens with one attached hydrogen (secondary N) is 3. The van der Waals surface area contributed by atoms with Gasteiger partial charge in [0.05, 0.1) is 5.52 Å². The van der Waals surface area contributed by atoms with Gasteiger partial charge in [-0.2, -0.15) is 0 Å². The van der Waals surface area contributed by atoms with Crippen LogP contribution in [0.25, 0.3) is 10.9 Å². The minimum atomic E-state index is -0.483. The Labute approximate surface area is 133 Å². The number of carbonyl (C=O) groups excluding carboxylic acids is 2. The Kier molecular flexibility index (Phi) is 4.14. The largest absolute Gasteiger partial charge is 0.344 e. The van der Waals surface area contributed by atoms with E-state index in [1.807, 2.05) is 12.1 Å². The van der Waals surface area contributed by atoms with Crippen LogP contribution in [0.5, 0.6) is 0 Å². The number of carbonyl (C=O) groups is 2. The molecule has 1 aliphatic heterocycles. The van der Waals surface area contributed by atoms with E-state index in [2.05, 4.69) is 22.5 Å². The maximum Gasteiger partial charge on any atom is 0.248 e. The van der Waals surface area contributed by atoms with E-state index in [0.717, 1.165) is 23.8 Å². The van der Waals surface area contributed by atoms with Gasteiger partial charge in [-0.05, 0) is 30.5 Å². The van der Waals surface area contributed by atoms with Crippen molar-refractivity contribution in [3.05, 3.63) is 40.2 Å². The van der Waals surface area contributed by atoms with E-state index in [9.17, 15) is 14.4 Å². The van der Waals surface area contributed by atoms with Crippen LogP contribution < -0.4 is 16.2 Å². The maximum absolute atomic E-state index is 12.1. The number of fused-ring (bicyclic) bond motifs is 1. The zero-order valence-corrected chi connectivity index (χ0v) is 12.9. The molecule has 1 atom stereocenters. The van der Waals surface area contributed by atoms with Gasteiger partial charge in [0, 0.05) is 23.6 Å². The van der Waals surface area contributed by atoms with E-state index in [0.29, 0.717) is 24.0 Å². The van der Waals surface area contributed by atoms with Crippen molar-refractivity contribution in [1.29, 1.82) is 0 Å². The van der Waals surface area contributed by atoms with Crippen molar-refractivity contribution in [2.75, 3.05) is 5.32 Å². The summed E-state index contributed by atoms with van der Waals surface area (Å²) in [5.74, 6) is -0.334. The first-order valence-electron chi connectivity index (χ1n) is 7.83. The second-order valence-electron chi connectivity index (χ2n) is 5.82. The van der Waals surface area contributed by atoms with Crippen molar-refractivity contribution in [3.8, 4) is 0 Å². The van der Waals surface area contributed by atoms with Gasteiger partial charge in [0.2, 0.25) is 17.4 Å². The van der Waals surface area contributed by atoms with Crippen LogP contribution in [0.4, 0.5) is 5.69 Å².